The van der Waals surface area contributed by atoms with Gasteiger partial charge in [-0.15, -0.1) is 0 Å². The van der Waals surface area contributed by atoms with Crippen molar-refractivity contribution >= 4 is 11.7 Å². The van der Waals surface area contributed by atoms with E-state index in [9.17, 15) is 4.79 Å². The number of amides is 1. The number of carbonyl (C=O) groups excluding carboxylic acids is 1. The summed E-state index contributed by atoms with van der Waals surface area (Å²) in [5, 5.41) is 10.5. The highest BCUT2D eigenvalue weighted by molar-refractivity contribution is 5.78. The molecule has 3 heterocycles. The highest BCUT2D eigenvalue weighted by atomic mass is 16.5. The van der Waals surface area contributed by atoms with E-state index in [1.165, 1.54) is 0 Å². The molecule has 2 atom stereocenters. The monoisotopic (exact) mass is 330 g/mol. The van der Waals surface area contributed by atoms with Gasteiger partial charge >= 0.3 is 0 Å². The Morgan fingerprint density at radius 1 is 1.38 bits per heavy atom. The third-order valence-electron chi connectivity index (χ3n) is 4.08. The van der Waals surface area contributed by atoms with Gasteiger partial charge in [0.25, 0.3) is 0 Å². The van der Waals surface area contributed by atoms with E-state index < -0.39 is 0 Å². The Balaban J connectivity index is 1.61. The van der Waals surface area contributed by atoms with Crippen LogP contribution in [0.3, 0.4) is 0 Å². The maximum Gasteiger partial charge on any atom is 0.226 e. The van der Waals surface area contributed by atoms with E-state index in [1.807, 2.05) is 26.1 Å². The minimum atomic E-state index is -0.0245. The van der Waals surface area contributed by atoms with Crippen LogP contribution in [0.25, 0.3) is 0 Å². The number of nitrogens with one attached hydrogen (secondary N) is 2. The first-order valence-electron chi connectivity index (χ1n) is 8.02. The zero-order valence-electron chi connectivity index (χ0n) is 13.9. The molecule has 2 aromatic rings. The number of hydrogen-bond acceptors (Lipinski definition) is 6. The Morgan fingerprint density at radius 3 is 3.00 bits per heavy atom. The van der Waals surface area contributed by atoms with E-state index in [0.717, 1.165) is 17.9 Å². The fourth-order valence-corrected chi connectivity index (χ4v) is 2.78. The van der Waals surface area contributed by atoms with Crippen LogP contribution >= 0.6 is 0 Å². The third kappa shape index (κ3) is 4.08. The number of anilines is 1. The summed E-state index contributed by atoms with van der Waals surface area (Å²) in [6.07, 6.45) is 4.48. The number of hydrogen-bond donors (Lipinski definition) is 2. The molecule has 1 saturated heterocycles. The minimum absolute atomic E-state index is 0.00486. The van der Waals surface area contributed by atoms with E-state index in [-0.39, 0.29) is 18.0 Å². The average Bonchev–Trinajstić information content (AvgIpc) is 2.94. The predicted molar refractivity (Wildman–Crippen MR) is 88.5 cm³/mol. The van der Waals surface area contributed by atoms with Crippen molar-refractivity contribution in [3.05, 3.63) is 36.0 Å². The van der Waals surface area contributed by atoms with Gasteiger partial charge in [-0.05, 0) is 25.5 Å². The van der Waals surface area contributed by atoms with Gasteiger partial charge in [-0.1, -0.05) is 0 Å². The minimum Gasteiger partial charge on any atom is -0.379 e. The van der Waals surface area contributed by atoms with Crippen molar-refractivity contribution < 1.29 is 9.53 Å². The molecule has 1 fully saturated rings. The Kier molecular flexibility index (Phi) is 5.05. The zero-order chi connectivity index (χ0) is 16.9. The molecule has 1 aliphatic rings. The third-order valence-corrected chi connectivity index (χ3v) is 4.08. The van der Waals surface area contributed by atoms with E-state index in [0.29, 0.717) is 25.5 Å². The van der Waals surface area contributed by atoms with Crippen molar-refractivity contribution in [1.82, 2.24) is 25.1 Å². The summed E-state index contributed by atoms with van der Waals surface area (Å²) in [5.74, 6) is 1.42. The molecule has 2 N–H and O–H groups in total. The highest BCUT2D eigenvalue weighted by Crippen LogP contribution is 2.14. The molecule has 128 valence electrons. The van der Waals surface area contributed by atoms with Gasteiger partial charge in [-0.25, -0.2) is 9.97 Å². The quantitative estimate of drug-likeness (QED) is 0.826. The predicted octanol–water partition coefficient (Wildman–Crippen LogP) is 0.447. The van der Waals surface area contributed by atoms with E-state index >= 15 is 0 Å². The molecular formula is C16H22N6O2. The van der Waals surface area contributed by atoms with Gasteiger partial charge in [-0.3, -0.25) is 9.48 Å². The molecular weight excluding hydrogens is 308 g/mol. The Bertz CT molecular complexity index is 701. The smallest absolute Gasteiger partial charge is 0.226 e. The summed E-state index contributed by atoms with van der Waals surface area (Å²) in [4.78, 5) is 20.8. The van der Waals surface area contributed by atoms with Gasteiger partial charge < -0.3 is 15.4 Å². The maximum absolute atomic E-state index is 12.3. The number of aromatic nitrogens is 4. The summed E-state index contributed by atoms with van der Waals surface area (Å²) in [6, 6.07) is 3.64. The summed E-state index contributed by atoms with van der Waals surface area (Å²) in [5.41, 5.74) is 0.885. The SMILES string of the molecule is Cc1nccc(N[C@@H]2COCC[C@@H]2NC(=O)Cc2ccnn2C)n1. The Morgan fingerprint density at radius 2 is 2.25 bits per heavy atom. The lowest BCUT2D eigenvalue weighted by atomic mass is 10.0. The van der Waals surface area contributed by atoms with Crippen molar-refractivity contribution in [2.45, 2.75) is 31.8 Å². The van der Waals surface area contributed by atoms with Gasteiger partial charge in [0.15, 0.2) is 0 Å². The lowest BCUT2D eigenvalue weighted by molar-refractivity contribution is -0.121. The largest absolute Gasteiger partial charge is 0.379 e. The van der Waals surface area contributed by atoms with E-state index in [2.05, 4.69) is 25.7 Å². The molecule has 0 bridgehead atoms. The Hall–Kier alpha value is -2.48. The van der Waals surface area contributed by atoms with Crippen LogP contribution in [-0.2, 0) is 23.0 Å². The first kappa shape index (κ1) is 16.4. The summed E-state index contributed by atoms with van der Waals surface area (Å²) in [7, 11) is 1.83. The topological polar surface area (TPSA) is 94.0 Å². The van der Waals surface area contributed by atoms with Gasteiger partial charge in [0.1, 0.15) is 11.6 Å². The molecule has 0 aromatic carbocycles. The van der Waals surface area contributed by atoms with Crippen LogP contribution in [0.5, 0.6) is 0 Å². The Labute approximate surface area is 140 Å². The second-order valence-electron chi connectivity index (χ2n) is 5.90. The van der Waals surface area contributed by atoms with Crippen molar-refractivity contribution in [2.24, 2.45) is 7.05 Å². The normalized spacial score (nSPS) is 20.6. The molecule has 0 spiro atoms. The number of ether oxygens (including phenoxy) is 1. The van der Waals surface area contributed by atoms with Gasteiger partial charge in [0.05, 0.1) is 25.1 Å². The lowest BCUT2D eigenvalue weighted by Crippen LogP contribution is -2.52. The first-order valence-corrected chi connectivity index (χ1v) is 8.02. The molecule has 0 radical (unpaired) electrons. The molecule has 8 nitrogen and oxygen atoms in total. The van der Waals surface area contributed by atoms with Crippen LogP contribution in [0.4, 0.5) is 5.82 Å². The van der Waals surface area contributed by atoms with Crippen LogP contribution in [-0.4, -0.2) is 51.0 Å². The van der Waals surface area contributed by atoms with Gasteiger partial charge in [0, 0.05) is 31.7 Å². The molecule has 0 saturated carbocycles. The fourth-order valence-electron chi connectivity index (χ4n) is 2.78. The number of carbonyl (C=O) groups is 1. The number of rotatable bonds is 5. The summed E-state index contributed by atoms with van der Waals surface area (Å²) in [6.45, 7) is 3.01. The second-order valence-corrected chi connectivity index (χ2v) is 5.90. The van der Waals surface area contributed by atoms with Crippen LogP contribution in [0.1, 0.15) is 17.9 Å². The second kappa shape index (κ2) is 7.39. The molecule has 3 rings (SSSR count). The maximum atomic E-state index is 12.3. The number of nitrogens with zero attached hydrogens (tertiary/aromatic N) is 4. The van der Waals surface area contributed by atoms with Crippen molar-refractivity contribution in [2.75, 3.05) is 18.5 Å². The molecule has 0 unspecified atom stereocenters. The van der Waals surface area contributed by atoms with E-state index in [4.69, 9.17) is 4.74 Å². The lowest BCUT2D eigenvalue weighted by Gasteiger charge is -2.33. The molecule has 8 heteroatoms. The molecule has 24 heavy (non-hydrogen) atoms. The molecule has 1 aliphatic heterocycles. The van der Waals surface area contributed by atoms with Crippen molar-refractivity contribution in [3.63, 3.8) is 0 Å². The van der Waals surface area contributed by atoms with Crippen molar-refractivity contribution in [1.29, 1.82) is 0 Å². The fraction of sp³-hybridized carbons (Fsp3) is 0.500. The highest BCUT2D eigenvalue weighted by Gasteiger charge is 2.27. The van der Waals surface area contributed by atoms with Crippen molar-refractivity contribution in [3.8, 4) is 0 Å². The van der Waals surface area contributed by atoms with Crippen LogP contribution in [0.2, 0.25) is 0 Å². The average molecular weight is 330 g/mol. The summed E-state index contributed by atoms with van der Waals surface area (Å²) < 4.78 is 7.26. The molecule has 2 aromatic heterocycles. The van der Waals surface area contributed by atoms with Gasteiger partial charge in [-0.2, -0.15) is 5.10 Å². The van der Waals surface area contributed by atoms with E-state index in [1.54, 1.807) is 17.1 Å². The number of aryl methyl sites for hydroxylation is 2. The first-order chi connectivity index (χ1) is 11.6. The zero-order valence-corrected chi connectivity index (χ0v) is 13.9. The van der Waals surface area contributed by atoms with Crippen LogP contribution in [0, 0.1) is 6.92 Å². The van der Waals surface area contributed by atoms with Crippen LogP contribution < -0.4 is 10.6 Å². The van der Waals surface area contributed by atoms with Crippen LogP contribution in [0.15, 0.2) is 24.5 Å². The van der Waals surface area contributed by atoms with Gasteiger partial charge in [0.2, 0.25) is 5.91 Å². The summed E-state index contributed by atoms with van der Waals surface area (Å²) >= 11 is 0. The molecule has 1 amide bonds. The molecule has 0 aliphatic carbocycles. The standard InChI is InChI=1S/C16H22N6O2/c1-11-17-6-4-15(19-11)20-14-10-24-8-5-13(14)21-16(23)9-12-3-7-18-22(12)2/h3-4,6-7,13-14H,5,8-10H2,1-2H3,(H,21,23)(H,17,19,20)/t13-,14+/m0/s1.